The van der Waals surface area contributed by atoms with E-state index in [2.05, 4.69) is 0 Å². The molecule has 0 fully saturated rings. The Morgan fingerprint density at radius 2 is 2.00 bits per heavy atom. The Morgan fingerprint density at radius 3 is 2.67 bits per heavy atom. The van der Waals surface area contributed by atoms with Gasteiger partial charge in [0.15, 0.2) is 0 Å². The second-order valence-electron chi connectivity index (χ2n) is 3.25. The van der Waals surface area contributed by atoms with Crippen molar-refractivity contribution in [2.24, 2.45) is 7.05 Å². The third-order valence-corrected chi connectivity index (χ3v) is 2.57. The Morgan fingerprint density at radius 1 is 1.33 bits per heavy atom. The first-order chi connectivity index (χ1) is 7.11. The summed E-state index contributed by atoms with van der Waals surface area (Å²) in [5.41, 5.74) is 0.724. The molecule has 0 saturated heterocycles. The van der Waals surface area contributed by atoms with Gasteiger partial charge in [-0.2, -0.15) is 0 Å². The van der Waals surface area contributed by atoms with Gasteiger partial charge in [0.2, 0.25) is 0 Å². The maximum absolute atomic E-state index is 11.5. The van der Waals surface area contributed by atoms with E-state index in [-0.39, 0.29) is 11.1 Å². The zero-order chi connectivity index (χ0) is 11.0. The summed E-state index contributed by atoms with van der Waals surface area (Å²) in [5.74, 6) is 0. The van der Waals surface area contributed by atoms with E-state index in [1.165, 1.54) is 10.6 Å². The Labute approximate surface area is 90.9 Å². The van der Waals surface area contributed by atoms with Crippen LogP contribution in [-0.4, -0.2) is 9.81 Å². The highest BCUT2D eigenvalue weighted by Crippen LogP contribution is 2.17. The fraction of sp³-hybridized carbons (Fsp3) is 0.0909. The van der Waals surface area contributed by atoms with Crippen molar-refractivity contribution in [2.75, 3.05) is 0 Å². The topological polar surface area (TPSA) is 39.1 Å². The number of para-hydroxylation sites is 1. The smallest absolute Gasteiger partial charge is 0.253 e. The van der Waals surface area contributed by atoms with Gasteiger partial charge in [0.25, 0.3) is 10.8 Å². The fourth-order valence-electron chi connectivity index (χ4n) is 1.57. The Kier molecular flexibility index (Phi) is 2.32. The predicted octanol–water partition coefficient (Wildman–Crippen LogP) is 1.92. The quantitative estimate of drug-likeness (QED) is 0.690. The molecule has 0 radical (unpaired) electrons. The first kappa shape index (κ1) is 9.93. The molecule has 0 aliphatic carbocycles. The minimum atomic E-state index is -0.607. The van der Waals surface area contributed by atoms with E-state index in [1.807, 2.05) is 6.07 Å². The van der Waals surface area contributed by atoms with Crippen molar-refractivity contribution >= 4 is 27.7 Å². The summed E-state index contributed by atoms with van der Waals surface area (Å²) in [4.78, 5) is 22.7. The van der Waals surface area contributed by atoms with E-state index in [1.54, 1.807) is 25.2 Å². The first-order valence-electron chi connectivity index (χ1n) is 4.40. The van der Waals surface area contributed by atoms with Crippen molar-refractivity contribution < 1.29 is 4.79 Å². The van der Waals surface area contributed by atoms with Crippen LogP contribution in [0.4, 0.5) is 0 Å². The first-order valence-corrected chi connectivity index (χ1v) is 4.77. The minimum Gasteiger partial charge on any atom is -0.311 e. The molecule has 0 unspecified atom stereocenters. The van der Waals surface area contributed by atoms with Crippen molar-refractivity contribution in [1.29, 1.82) is 0 Å². The van der Waals surface area contributed by atoms with Gasteiger partial charge >= 0.3 is 0 Å². The number of rotatable bonds is 1. The van der Waals surface area contributed by atoms with Crippen LogP contribution in [0.15, 0.2) is 35.1 Å². The molecule has 0 spiro atoms. The SMILES string of the molecule is Cn1c(=O)cc(C(=O)Cl)c2ccccc21. The lowest BCUT2D eigenvalue weighted by atomic mass is 10.1. The second kappa shape index (κ2) is 3.51. The molecule has 15 heavy (non-hydrogen) atoms. The zero-order valence-electron chi connectivity index (χ0n) is 8.03. The molecule has 0 atom stereocenters. The van der Waals surface area contributed by atoms with Crippen LogP contribution in [0, 0.1) is 0 Å². The average Bonchev–Trinajstić information content (AvgIpc) is 2.23. The molecular formula is C11H8ClNO2. The summed E-state index contributed by atoms with van der Waals surface area (Å²) in [5, 5.41) is 0.0866. The normalized spacial score (nSPS) is 10.5. The van der Waals surface area contributed by atoms with E-state index in [0.29, 0.717) is 10.9 Å². The largest absolute Gasteiger partial charge is 0.311 e. The lowest BCUT2D eigenvalue weighted by Crippen LogP contribution is -2.17. The molecule has 0 bridgehead atoms. The summed E-state index contributed by atoms with van der Waals surface area (Å²) in [6.07, 6.45) is 0. The van der Waals surface area contributed by atoms with Crippen LogP contribution in [0.2, 0.25) is 0 Å². The van der Waals surface area contributed by atoms with Gasteiger partial charge in [-0.25, -0.2) is 0 Å². The second-order valence-corrected chi connectivity index (χ2v) is 3.59. The summed E-state index contributed by atoms with van der Waals surface area (Å²) in [6, 6.07) is 8.42. The average molecular weight is 222 g/mol. The van der Waals surface area contributed by atoms with Crippen LogP contribution in [0.25, 0.3) is 10.9 Å². The Balaban J connectivity index is 3.01. The highest BCUT2D eigenvalue weighted by atomic mass is 35.5. The molecule has 3 nitrogen and oxygen atoms in total. The van der Waals surface area contributed by atoms with Crippen molar-refractivity contribution in [3.63, 3.8) is 0 Å². The van der Waals surface area contributed by atoms with Crippen LogP contribution < -0.4 is 5.56 Å². The highest BCUT2D eigenvalue weighted by Gasteiger charge is 2.10. The molecule has 0 N–H and O–H groups in total. The van der Waals surface area contributed by atoms with Crippen molar-refractivity contribution in [3.8, 4) is 0 Å². The summed E-state index contributed by atoms with van der Waals surface area (Å²) < 4.78 is 1.48. The highest BCUT2D eigenvalue weighted by molar-refractivity contribution is 6.68. The van der Waals surface area contributed by atoms with Crippen LogP contribution in [-0.2, 0) is 7.05 Å². The van der Waals surface area contributed by atoms with Gasteiger partial charge < -0.3 is 4.57 Å². The number of hydrogen-bond acceptors (Lipinski definition) is 2. The number of pyridine rings is 1. The molecular weight excluding hydrogens is 214 g/mol. The lowest BCUT2D eigenvalue weighted by molar-refractivity contribution is 0.108. The summed E-state index contributed by atoms with van der Waals surface area (Å²) >= 11 is 5.42. The number of benzene rings is 1. The molecule has 1 aromatic carbocycles. The van der Waals surface area contributed by atoms with Gasteiger partial charge in [-0.1, -0.05) is 18.2 Å². The van der Waals surface area contributed by atoms with Crippen molar-refractivity contribution in [2.45, 2.75) is 0 Å². The van der Waals surface area contributed by atoms with Crippen molar-refractivity contribution in [3.05, 3.63) is 46.2 Å². The van der Waals surface area contributed by atoms with Gasteiger partial charge in [-0.05, 0) is 17.7 Å². The minimum absolute atomic E-state index is 0.238. The number of halogens is 1. The Hall–Kier alpha value is -1.61. The number of carbonyl (C=O) groups is 1. The molecule has 76 valence electrons. The maximum Gasteiger partial charge on any atom is 0.253 e. The molecule has 0 aliphatic heterocycles. The standard InChI is InChI=1S/C11H8ClNO2/c1-13-9-5-3-2-4-7(9)8(11(12)15)6-10(13)14/h2-6H,1H3. The number of aromatic nitrogens is 1. The molecule has 2 rings (SSSR count). The van der Waals surface area contributed by atoms with Crippen LogP contribution >= 0.6 is 11.6 Å². The maximum atomic E-state index is 11.5. The fourth-order valence-corrected chi connectivity index (χ4v) is 1.73. The van der Waals surface area contributed by atoms with E-state index >= 15 is 0 Å². The van der Waals surface area contributed by atoms with Crippen LogP contribution in [0.1, 0.15) is 10.4 Å². The van der Waals surface area contributed by atoms with E-state index in [9.17, 15) is 9.59 Å². The van der Waals surface area contributed by atoms with Crippen LogP contribution in [0.3, 0.4) is 0 Å². The summed E-state index contributed by atoms with van der Waals surface area (Å²) in [7, 11) is 1.66. The molecule has 0 saturated carbocycles. The van der Waals surface area contributed by atoms with E-state index < -0.39 is 5.24 Å². The third-order valence-electron chi connectivity index (χ3n) is 2.37. The number of fused-ring (bicyclic) bond motifs is 1. The van der Waals surface area contributed by atoms with Crippen LogP contribution in [0.5, 0.6) is 0 Å². The number of carbonyl (C=O) groups excluding carboxylic acids is 1. The van der Waals surface area contributed by atoms with Crippen molar-refractivity contribution in [1.82, 2.24) is 4.57 Å². The number of nitrogens with zero attached hydrogens (tertiary/aromatic N) is 1. The molecule has 1 aromatic heterocycles. The molecule has 2 aromatic rings. The Bertz CT molecular complexity index is 601. The number of aryl methyl sites for hydroxylation is 1. The predicted molar refractivity (Wildman–Crippen MR) is 59.4 cm³/mol. The van der Waals surface area contributed by atoms with Gasteiger partial charge in [-0.3, -0.25) is 9.59 Å². The zero-order valence-corrected chi connectivity index (χ0v) is 8.78. The lowest BCUT2D eigenvalue weighted by Gasteiger charge is -2.06. The number of hydrogen-bond donors (Lipinski definition) is 0. The molecule has 0 aliphatic rings. The van der Waals surface area contributed by atoms with E-state index in [4.69, 9.17) is 11.6 Å². The van der Waals surface area contributed by atoms with Gasteiger partial charge in [0, 0.05) is 24.1 Å². The molecule has 1 heterocycles. The molecule has 4 heteroatoms. The van der Waals surface area contributed by atoms with Gasteiger partial charge in [0.1, 0.15) is 0 Å². The van der Waals surface area contributed by atoms with E-state index in [0.717, 1.165) is 0 Å². The monoisotopic (exact) mass is 221 g/mol. The third kappa shape index (κ3) is 1.55. The molecule has 0 amide bonds. The van der Waals surface area contributed by atoms with Gasteiger partial charge in [0.05, 0.1) is 5.52 Å². The van der Waals surface area contributed by atoms with Gasteiger partial charge in [-0.15, -0.1) is 0 Å². The summed E-state index contributed by atoms with van der Waals surface area (Å²) in [6.45, 7) is 0.